The van der Waals surface area contributed by atoms with Crippen LogP contribution in [0.3, 0.4) is 0 Å². The minimum absolute atomic E-state index is 0.158. The molecule has 1 fully saturated rings. The minimum Gasteiger partial charge on any atom is -0.465 e. The topological polar surface area (TPSA) is 105 Å². The first-order valence-corrected chi connectivity index (χ1v) is 12.8. The number of carbonyl (C=O) groups is 1. The number of rotatable bonds is 8. The molecule has 3 aromatic heterocycles. The van der Waals surface area contributed by atoms with Crippen molar-refractivity contribution in [2.75, 3.05) is 32.1 Å². The lowest BCUT2D eigenvalue weighted by molar-refractivity contribution is -0.147. The van der Waals surface area contributed by atoms with Crippen molar-refractivity contribution in [1.29, 1.82) is 0 Å². The van der Waals surface area contributed by atoms with E-state index in [-0.39, 0.29) is 24.2 Å². The largest absolute Gasteiger partial charge is 0.465 e. The molecule has 0 spiro atoms. The lowest BCUT2D eigenvalue weighted by Gasteiger charge is -2.33. The van der Waals surface area contributed by atoms with Crippen molar-refractivity contribution in [3.63, 3.8) is 0 Å². The van der Waals surface area contributed by atoms with Crippen LogP contribution < -0.4 is 5.32 Å². The lowest BCUT2D eigenvalue weighted by Crippen LogP contribution is -2.35. The zero-order valence-corrected chi connectivity index (χ0v) is 21.5. The van der Waals surface area contributed by atoms with Gasteiger partial charge in [-0.3, -0.25) is 9.78 Å². The van der Waals surface area contributed by atoms with Crippen LogP contribution in [-0.2, 0) is 16.1 Å². The first-order valence-electron chi connectivity index (χ1n) is 12.8. The molecule has 4 aromatic rings. The summed E-state index contributed by atoms with van der Waals surface area (Å²) < 4.78 is 21.9. The second-order valence-electron chi connectivity index (χ2n) is 9.57. The van der Waals surface area contributed by atoms with Crippen LogP contribution in [0, 0.1) is 11.7 Å². The van der Waals surface area contributed by atoms with Crippen LogP contribution in [0.5, 0.6) is 0 Å². The van der Waals surface area contributed by atoms with Gasteiger partial charge in [-0.15, -0.1) is 0 Å². The first kappa shape index (κ1) is 25.7. The highest BCUT2D eigenvalue weighted by Gasteiger charge is 2.34. The van der Waals surface area contributed by atoms with E-state index < -0.39 is 11.7 Å². The molecule has 0 radical (unpaired) electrons. The van der Waals surface area contributed by atoms with Crippen LogP contribution in [0.15, 0.2) is 54.9 Å². The third kappa shape index (κ3) is 5.51. The molecular weight excluding hydrogens is 487 g/mol. The zero-order chi connectivity index (χ0) is 26.6. The van der Waals surface area contributed by atoms with Gasteiger partial charge < -0.3 is 20.1 Å². The number of fused-ring (bicyclic) bond motifs is 1. The maximum Gasteiger partial charge on any atom is 0.315 e. The molecule has 1 aliphatic heterocycles. The number of piperidine rings is 1. The monoisotopic (exact) mass is 518 g/mol. The van der Waals surface area contributed by atoms with Gasteiger partial charge >= 0.3 is 5.97 Å². The number of aromatic nitrogens is 4. The van der Waals surface area contributed by atoms with E-state index >= 15 is 0 Å². The predicted octanol–water partition coefficient (Wildman–Crippen LogP) is 4.18. The molecule has 2 N–H and O–H groups in total. The summed E-state index contributed by atoms with van der Waals surface area (Å²) in [5, 5.41) is 17.3. The summed E-state index contributed by atoms with van der Waals surface area (Å²) in [6.45, 7) is 3.81. The van der Waals surface area contributed by atoms with Gasteiger partial charge in [-0.1, -0.05) is 0 Å². The third-order valence-corrected chi connectivity index (χ3v) is 6.98. The average Bonchev–Trinajstić information content (AvgIpc) is 3.41. The van der Waals surface area contributed by atoms with Gasteiger partial charge in [-0.2, -0.15) is 5.10 Å². The van der Waals surface area contributed by atoms with Crippen LogP contribution in [0.25, 0.3) is 16.6 Å². The summed E-state index contributed by atoms with van der Waals surface area (Å²) in [6.07, 6.45) is 5.14. The van der Waals surface area contributed by atoms with Gasteiger partial charge in [-0.05, 0) is 76.2 Å². The molecule has 1 aliphatic rings. The number of nitrogens with zero attached hydrogens (tertiary/aromatic N) is 5. The van der Waals surface area contributed by atoms with Gasteiger partial charge in [0.05, 0.1) is 41.5 Å². The summed E-state index contributed by atoms with van der Waals surface area (Å²) >= 11 is 0. The van der Waals surface area contributed by atoms with E-state index in [1.165, 1.54) is 10.7 Å². The number of aliphatic hydroxyl groups is 1. The van der Waals surface area contributed by atoms with Gasteiger partial charge in [0, 0.05) is 29.9 Å². The van der Waals surface area contributed by atoms with Crippen LogP contribution in [-0.4, -0.2) is 62.5 Å². The Labute approximate surface area is 220 Å². The van der Waals surface area contributed by atoms with Crippen LogP contribution in [0.1, 0.15) is 37.1 Å². The third-order valence-electron chi connectivity index (χ3n) is 6.98. The number of anilines is 2. The quantitative estimate of drug-likeness (QED) is 0.335. The summed E-state index contributed by atoms with van der Waals surface area (Å²) in [5.74, 6) is -0.562. The average molecular weight is 519 g/mol. The molecule has 0 aliphatic carbocycles. The molecule has 10 heteroatoms. The second kappa shape index (κ2) is 11.2. The molecule has 4 heterocycles. The molecule has 5 rings (SSSR count). The van der Waals surface area contributed by atoms with Crippen molar-refractivity contribution >= 4 is 28.4 Å². The van der Waals surface area contributed by atoms with E-state index in [0.717, 1.165) is 31.3 Å². The Bertz CT molecular complexity index is 1430. The van der Waals surface area contributed by atoms with Gasteiger partial charge in [0.15, 0.2) is 0 Å². The predicted molar refractivity (Wildman–Crippen MR) is 142 cm³/mol. The first-order chi connectivity index (χ1) is 18.4. The number of likely N-dealkylation sites (tertiary alicyclic amines) is 1. The standard InChI is InChI=1S/C28H31FN6O3/c1-3-38-28(37)27(18-8-11-34(2)12-9-18)24-6-4-19-16-30-26(15-25(19)31-24)32-23-7-5-21(14-22(23)29)35-13-10-20(17-36)33-35/h4-7,10,13-16,18,27,36H,3,8-9,11-12,17H2,1-2H3,(H,30,32). The fourth-order valence-electron chi connectivity index (χ4n) is 4.90. The second-order valence-corrected chi connectivity index (χ2v) is 9.57. The molecule has 0 bridgehead atoms. The number of esters is 1. The molecule has 38 heavy (non-hydrogen) atoms. The van der Waals surface area contributed by atoms with E-state index in [1.807, 2.05) is 19.1 Å². The number of halogens is 1. The fourth-order valence-corrected chi connectivity index (χ4v) is 4.90. The maximum absolute atomic E-state index is 14.9. The van der Waals surface area contributed by atoms with Crippen molar-refractivity contribution in [3.8, 4) is 5.69 Å². The Morgan fingerprint density at radius 3 is 2.74 bits per heavy atom. The fraction of sp³-hybridized carbons (Fsp3) is 0.357. The molecule has 1 atom stereocenters. The Kier molecular flexibility index (Phi) is 7.62. The van der Waals surface area contributed by atoms with Crippen molar-refractivity contribution in [1.82, 2.24) is 24.6 Å². The Balaban J connectivity index is 1.40. The van der Waals surface area contributed by atoms with E-state index in [2.05, 4.69) is 27.3 Å². The molecule has 0 amide bonds. The highest BCUT2D eigenvalue weighted by atomic mass is 19.1. The molecule has 9 nitrogen and oxygen atoms in total. The van der Waals surface area contributed by atoms with Gasteiger partial charge in [0.1, 0.15) is 17.6 Å². The number of nitrogens with one attached hydrogen (secondary N) is 1. The SMILES string of the molecule is CCOC(=O)C(c1ccc2cnc(Nc3ccc(-n4ccc(CO)n4)cc3F)cc2n1)C1CCN(C)CC1. The Morgan fingerprint density at radius 2 is 2.03 bits per heavy atom. The maximum atomic E-state index is 14.9. The van der Waals surface area contributed by atoms with Crippen molar-refractivity contribution in [2.24, 2.45) is 5.92 Å². The van der Waals surface area contributed by atoms with Crippen molar-refractivity contribution in [2.45, 2.75) is 32.3 Å². The number of hydrogen-bond donors (Lipinski definition) is 2. The number of aliphatic hydroxyl groups excluding tert-OH is 1. The molecule has 0 saturated carbocycles. The minimum atomic E-state index is -0.475. The van der Waals surface area contributed by atoms with Crippen LogP contribution in [0.2, 0.25) is 0 Å². The van der Waals surface area contributed by atoms with Crippen LogP contribution in [0.4, 0.5) is 15.9 Å². The molecule has 1 unspecified atom stereocenters. The Hall–Kier alpha value is -3.89. The van der Waals surface area contributed by atoms with E-state index in [0.29, 0.717) is 35.0 Å². The van der Waals surface area contributed by atoms with E-state index in [1.54, 1.807) is 36.7 Å². The van der Waals surface area contributed by atoms with Gasteiger partial charge in [0.2, 0.25) is 0 Å². The highest BCUT2D eigenvalue weighted by molar-refractivity contribution is 5.83. The number of benzene rings is 1. The summed E-state index contributed by atoms with van der Waals surface area (Å²) in [6, 6.07) is 11.9. The highest BCUT2D eigenvalue weighted by Crippen LogP contribution is 2.34. The molecule has 1 saturated heterocycles. The van der Waals surface area contributed by atoms with E-state index in [9.17, 15) is 14.3 Å². The molecular formula is C28H31FN6O3. The van der Waals surface area contributed by atoms with Crippen molar-refractivity contribution < 1.29 is 19.0 Å². The smallest absolute Gasteiger partial charge is 0.315 e. The molecule has 198 valence electrons. The van der Waals surface area contributed by atoms with E-state index in [4.69, 9.17) is 9.72 Å². The summed E-state index contributed by atoms with van der Waals surface area (Å²) in [5.41, 5.74) is 2.62. The number of carbonyl (C=O) groups excluding carboxylic acids is 1. The van der Waals surface area contributed by atoms with Gasteiger partial charge in [-0.25, -0.2) is 14.1 Å². The van der Waals surface area contributed by atoms with Crippen molar-refractivity contribution in [3.05, 3.63) is 72.1 Å². The number of ether oxygens (including phenoxy) is 1. The normalized spacial score (nSPS) is 15.5. The summed E-state index contributed by atoms with van der Waals surface area (Å²) in [4.78, 5) is 24.5. The number of hydrogen-bond acceptors (Lipinski definition) is 8. The Morgan fingerprint density at radius 1 is 1.21 bits per heavy atom. The molecule has 1 aromatic carbocycles. The van der Waals surface area contributed by atoms with Gasteiger partial charge in [0.25, 0.3) is 0 Å². The van der Waals surface area contributed by atoms with Crippen LogP contribution >= 0.6 is 0 Å². The zero-order valence-electron chi connectivity index (χ0n) is 21.5. The summed E-state index contributed by atoms with van der Waals surface area (Å²) in [7, 11) is 2.09. The number of pyridine rings is 2. The lowest BCUT2D eigenvalue weighted by atomic mass is 9.82.